The number of carbonyl (C=O) groups is 2. The maximum absolute atomic E-state index is 11.7. The van der Waals surface area contributed by atoms with Crippen molar-refractivity contribution in [3.63, 3.8) is 0 Å². The average Bonchev–Trinajstić information content (AvgIpc) is 3.21. The second kappa shape index (κ2) is 8.07. The summed E-state index contributed by atoms with van der Waals surface area (Å²) in [5.74, 6) is 0.544. The second-order valence-electron chi connectivity index (χ2n) is 5.17. The molecule has 0 radical (unpaired) electrons. The van der Waals surface area contributed by atoms with Crippen LogP contribution in [0.25, 0.3) is 0 Å². The molecule has 0 fully saturated rings. The number of rotatable bonds is 8. The molecule has 22 heavy (non-hydrogen) atoms. The van der Waals surface area contributed by atoms with Crippen LogP contribution in [0.1, 0.15) is 40.9 Å². The topological polar surface area (TPSA) is 84.5 Å². The molecule has 0 unspecified atom stereocenters. The summed E-state index contributed by atoms with van der Waals surface area (Å²) in [6.07, 6.45) is 4.68. The summed E-state index contributed by atoms with van der Waals surface area (Å²) >= 11 is 0. The van der Waals surface area contributed by atoms with Gasteiger partial charge in [-0.05, 0) is 43.0 Å². The average molecular weight is 304 g/mol. The van der Waals surface area contributed by atoms with E-state index in [0.29, 0.717) is 30.5 Å². The zero-order valence-electron chi connectivity index (χ0n) is 12.5. The third kappa shape index (κ3) is 4.80. The highest BCUT2D eigenvalue weighted by atomic mass is 16.3. The van der Waals surface area contributed by atoms with Gasteiger partial charge in [-0.15, -0.1) is 0 Å². The highest BCUT2D eigenvalue weighted by Crippen LogP contribution is 2.05. The van der Waals surface area contributed by atoms with Gasteiger partial charge in [0.1, 0.15) is 0 Å². The number of carbonyl (C=O) groups excluding carboxylic acids is 2. The molecule has 1 atom stereocenters. The Balaban J connectivity index is 1.57. The summed E-state index contributed by atoms with van der Waals surface area (Å²) in [5.41, 5.74) is 0. The molecule has 2 heterocycles. The van der Waals surface area contributed by atoms with Gasteiger partial charge in [0.2, 0.25) is 0 Å². The van der Waals surface area contributed by atoms with E-state index in [1.165, 1.54) is 12.5 Å². The fourth-order valence-electron chi connectivity index (χ4n) is 2.01. The highest BCUT2D eigenvalue weighted by Gasteiger charge is 2.10. The molecule has 2 N–H and O–H groups in total. The molecule has 6 heteroatoms. The standard InChI is InChI=1S/C16H20N2O4/c1-12(11-18-16(20)14-7-4-10-22-14)5-2-8-17-15(19)13-6-3-9-21-13/h3-4,6-7,9-10,12H,2,5,8,11H2,1H3,(H,17,19)(H,18,20)/t12-/m1/s1. The molecular formula is C16H20N2O4. The third-order valence-corrected chi connectivity index (χ3v) is 3.26. The van der Waals surface area contributed by atoms with E-state index in [0.717, 1.165) is 12.8 Å². The lowest BCUT2D eigenvalue weighted by Gasteiger charge is -2.12. The monoisotopic (exact) mass is 304 g/mol. The van der Waals surface area contributed by atoms with Gasteiger partial charge < -0.3 is 19.5 Å². The first kappa shape index (κ1) is 15.9. The van der Waals surface area contributed by atoms with Gasteiger partial charge in [0.15, 0.2) is 11.5 Å². The summed E-state index contributed by atoms with van der Waals surface area (Å²) in [4.78, 5) is 23.3. The largest absolute Gasteiger partial charge is 0.459 e. The predicted octanol–water partition coefficient (Wildman–Crippen LogP) is 2.45. The van der Waals surface area contributed by atoms with Crippen LogP contribution in [0.2, 0.25) is 0 Å². The molecule has 0 saturated carbocycles. The van der Waals surface area contributed by atoms with Crippen LogP contribution in [0.3, 0.4) is 0 Å². The third-order valence-electron chi connectivity index (χ3n) is 3.26. The van der Waals surface area contributed by atoms with Crippen LogP contribution in [-0.2, 0) is 0 Å². The van der Waals surface area contributed by atoms with E-state index in [1.807, 2.05) is 0 Å². The van der Waals surface area contributed by atoms with Crippen molar-refractivity contribution in [2.24, 2.45) is 5.92 Å². The molecule has 2 aromatic heterocycles. The lowest BCUT2D eigenvalue weighted by atomic mass is 10.1. The summed E-state index contributed by atoms with van der Waals surface area (Å²) in [5, 5.41) is 5.61. The van der Waals surface area contributed by atoms with Crippen LogP contribution >= 0.6 is 0 Å². The summed E-state index contributed by atoms with van der Waals surface area (Å²) < 4.78 is 10.0. The van der Waals surface area contributed by atoms with Crippen molar-refractivity contribution in [3.8, 4) is 0 Å². The van der Waals surface area contributed by atoms with Gasteiger partial charge >= 0.3 is 0 Å². The number of hydrogen-bond acceptors (Lipinski definition) is 4. The van der Waals surface area contributed by atoms with Gasteiger partial charge in [-0.1, -0.05) is 6.92 Å². The first-order valence-corrected chi connectivity index (χ1v) is 7.30. The number of hydrogen-bond donors (Lipinski definition) is 2. The first-order valence-electron chi connectivity index (χ1n) is 7.30. The minimum atomic E-state index is -0.206. The summed E-state index contributed by atoms with van der Waals surface area (Å²) in [7, 11) is 0. The van der Waals surface area contributed by atoms with Crippen LogP contribution in [-0.4, -0.2) is 24.9 Å². The van der Waals surface area contributed by atoms with Crippen LogP contribution in [0, 0.1) is 5.92 Å². The van der Waals surface area contributed by atoms with E-state index >= 15 is 0 Å². The van der Waals surface area contributed by atoms with Gasteiger partial charge in [-0.25, -0.2) is 0 Å². The van der Waals surface area contributed by atoms with Crippen LogP contribution < -0.4 is 10.6 Å². The Morgan fingerprint density at radius 3 is 2.18 bits per heavy atom. The molecule has 2 aromatic rings. The summed E-state index contributed by atoms with van der Waals surface area (Å²) in [6.45, 7) is 3.21. The van der Waals surface area contributed by atoms with Crippen LogP contribution in [0.15, 0.2) is 45.6 Å². The van der Waals surface area contributed by atoms with Gasteiger partial charge in [0.25, 0.3) is 11.8 Å². The van der Waals surface area contributed by atoms with Gasteiger partial charge in [-0.2, -0.15) is 0 Å². The first-order chi connectivity index (χ1) is 10.7. The minimum absolute atomic E-state index is 0.205. The maximum atomic E-state index is 11.7. The van der Waals surface area contributed by atoms with Crippen LogP contribution in [0.4, 0.5) is 0 Å². The van der Waals surface area contributed by atoms with Crippen molar-refractivity contribution in [2.45, 2.75) is 19.8 Å². The Labute approximate surface area is 128 Å². The van der Waals surface area contributed by atoms with E-state index in [2.05, 4.69) is 17.6 Å². The van der Waals surface area contributed by atoms with Crippen molar-refractivity contribution in [1.29, 1.82) is 0 Å². The quantitative estimate of drug-likeness (QED) is 0.734. The van der Waals surface area contributed by atoms with Gasteiger partial charge in [-0.3, -0.25) is 9.59 Å². The molecule has 0 saturated heterocycles. The Kier molecular flexibility index (Phi) is 5.82. The van der Waals surface area contributed by atoms with Crippen molar-refractivity contribution in [1.82, 2.24) is 10.6 Å². The highest BCUT2D eigenvalue weighted by molar-refractivity contribution is 5.91. The number of amides is 2. The Hall–Kier alpha value is -2.50. The maximum Gasteiger partial charge on any atom is 0.286 e. The van der Waals surface area contributed by atoms with E-state index in [1.54, 1.807) is 24.3 Å². The molecule has 0 bridgehead atoms. The molecular weight excluding hydrogens is 284 g/mol. The Morgan fingerprint density at radius 1 is 1.05 bits per heavy atom. The molecule has 6 nitrogen and oxygen atoms in total. The smallest absolute Gasteiger partial charge is 0.286 e. The number of furan rings is 2. The van der Waals surface area contributed by atoms with E-state index < -0.39 is 0 Å². The fourth-order valence-corrected chi connectivity index (χ4v) is 2.01. The second-order valence-corrected chi connectivity index (χ2v) is 5.17. The van der Waals surface area contributed by atoms with Crippen molar-refractivity contribution >= 4 is 11.8 Å². The Morgan fingerprint density at radius 2 is 1.64 bits per heavy atom. The molecule has 2 amide bonds. The predicted molar refractivity (Wildman–Crippen MR) is 80.5 cm³/mol. The molecule has 118 valence electrons. The zero-order valence-corrected chi connectivity index (χ0v) is 12.5. The summed E-state index contributed by atoms with van der Waals surface area (Å²) in [6, 6.07) is 6.62. The number of nitrogens with one attached hydrogen (secondary N) is 2. The van der Waals surface area contributed by atoms with Crippen LogP contribution in [0.5, 0.6) is 0 Å². The van der Waals surface area contributed by atoms with Crippen molar-refractivity contribution in [2.75, 3.05) is 13.1 Å². The lowest BCUT2D eigenvalue weighted by Crippen LogP contribution is -2.29. The molecule has 2 rings (SSSR count). The molecule has 0 aliphatic rings. The lowest BCUT2D eigenvalue weighted by molar-refractivity contribution is 0.0918. The van der Waals surface area contributed by atoms with Crippen molar-refractivity contribution in [3.05, 3.63) is 48.3 Å². The van der Waals surface area contributed by atoms with Crippen molar-refractivity contribution < 1.29 is 18.4 Å². The molecule has 0 aliphatic carbocycles. The van der Waals surface area contributed by atoms with Gasteiger partial charge in [0, 0.05) is 13.1 Å². The van der Waals surface area contributed by atoms with E-state index in [9.17, 15) is 9.59 Å². The zero-order chi connectivity index (χ0) is 15.8. The normalized spacial score (nSPS) is 11.9. The molecule has 0 spiro atoms. The minimum Gasteiger partial charge on any atom is -0.459 e. The SMILES string of the molecule is C[C@H](CCCNC(=O)c1ccco1)CNC(=O)c1ccco1. The van der Waals surface area contributed by atoms with Gasteiger partial charge in [0.05, 0.1) is 12.5 Å². The van der Waals surface area contributed by atoms with E-state index in [-0.39, 0.29) is 11.8 Å². The molecule has 0 aliphatic heterocycles. The molecule has 0 aromatic carbocycles. The van der Waals surface area contributed by atoms with E-state index in [4.69, 9.17) is 8.83 Å². The fraction of sp³-hybridized carbons (Fsp3) is 0.375. The Bertz CT molecular complexity index is 575.